The molecule has 1 unspecified atom stereocenters. The van der Waals surface area contributed by atoms with Gasteiger partial charge in [0.05, 0.1) is 6.54 Å². The average molecular weight is 249 g/mol. The molecule has 1 aromatic rings. The SMILES string of the molecule is CCNc1cccc(NCC(O)C(F)(F)F)n1. The number of pyridine rings is 1. The van der Waals surface area contributed by atoms with Crippen LogP contribution >= 0.6 is 0 Å². The van der Waals surface area contributed by atoms with Crippen molar-refractivity contribution in [2.24, 2.45) is 0 Å². The summed E-state index contributed by atoms with van der Waals surface area (Å²) >= 11 is 0. The summed E-state index contributed by atoms with van der Waals surface area (Å²) in [4.78, 5) is 4.02. The van der Waals surface area contributed by atoms with Gasteiger partial charge >= 0.3 is 6.18 Å². The van der Waals surface area contributed by atoms with E-state index in [9.17, 15) is 13.2 Å². The number of hydrogen-bond acceptors (Lipinski definition) is 4. The molecule has 4 nitrogen and oxygen atoms in total. The van der Waals surface area contributed by atoms with Crippen LogP contribution in [0.1, 0.15) is 6.92 Å². The number of aliphatic hydroxyl groups excluding tert-OH is 1. The number of alkyl halides is 3. The van der Waals surface area contributed by atoms with Crippen molar-refractivity contribution in [1.29, 1.82) is 0 Å². The van der Waals surface area contributed by atoms with Gasteiger partial charge in [-0.25, -0.2) is 4.98 Å². The van der Waals surface area contributed by atoms with Crippen molar-refractivity contribution in [3.8, 4) is 0 Å². The molecular weight excluding hydrogens is 235 g/mol. The number of halogens is 3. The van der Waals surface area contributed by atoms with Crippen LogP contribution in [-0.2, 0) is 0 Å². The first kappa shape index (κ1) is 13.6. The van der Waals surface area contributed by atoms with Crippen molar-refractivity contribution >= 4 is 11.6 Å². The van der Waals surface area contributed by atoms with Crippen LogP contribution in [0.3, 0.4) is 0 Å². The number of rotatable bonds is 5. The lowest BCUT2D eigenvalue weighted by atomic mass is 10.3. The summed E-state index contributed by atoms with van der Waals surface area (Å²) in [6, 6.07) is 4.89. The minimum absolute atomic E-state index is 0.284. The van der Waals surface area contributed by atoms with Crippen LogP contribution in [-0.4, -0.2) is 35.5 Å². The first-order chi connectivity index (χ1) is 7.93. The van der Waals surface area contributed by atoms with Crippen LogP contribution in [0, 0.1) is 0 Å². The Bertz CT molecular complexity index is 357. The maximum Gasteiger partial charge on any atom is 0.416 e. The molecule has 96 valence electrons. The van der Waals surface area contributed by atoms with Crippen LogP contribution in [0.4, 0.5) is 24.8 Å². The Morgan fingerprint density at radius 1 is 1.29 bits per heavy atom. The van der Waals surface area contributed by atoms with Gasteiger partial charge in [-0.15, -0.1) is 0 Å². The molecule has 0 aliphatic rings. The van der Waals surface area contributed by atoms with E-state index in [1.807, 2.05) is 6.92 Å². The summed E-state index contributed by atoms with van der Waals surface area (Å²) in [5, 5.41) is 14.1. The van der Waals surface area contributed by atoms with E-state index in [4.69, 9.17) is 5.11 Å². The summed E-state index contributed by atoms with van der Waals surface area (Å²) in [7, 11) is 0. The fraction of sp³-hybridized carbons (Fsp3) is 0.500. The third-order valence-electron chi connectivity index (χ3n) is 1.96. The van der Waals surface area contributed by atoms with Gasteiger partial charge in [0.25, 0.3) is 0 Å². The van der Waals surface area contributed by atoms with Gasteiger partial charge in [-0.3, -0.25) is 0 Å². The Kier molecular flexibility index (Phi) is 4.56. The molecule has 0 saturated carbocycles. The Hall–Kier alpha value is -1.50. The molecule has 0 amide bonds. The van der Waals surface area contributed by atoms with E-state index in [-0.39, 0.29) is 5.82 Å². The molecule has 0 radical (unpaired) electrons. The van der Waals surface area contributed by atoms with Crippen molar-refractivity contribution < 1.29 is 18.3 Å². The topological polar surface area (TPSA) is 57.2 Å². The highest BCUT2D eigenvalue weighted by Crippen LogP contribution is 2.20. The zero-order valence-electron chi connectivity index (χ0n) is 9.25. The van der Waals surface area contributed by atoms with E-state index in [0.717, 1.165) is 0 Å². The highest BCUT2D eigenvalue weighted by molar-refractivity contribution is 5.45. The number of aromatic nitrogens is 1. The van der Waals surface area contributed by atoms with Crippen molar-refractivity contribution in [1.82, 2.24) is 4.98 Å². The third kappa shape index (κ3) is 4.48. The van der Waals surface area contributed by atoms with Crippen molar-refractivity contribution in [3.05, 3.63) is 18.2 Å². The van der Waals surface area contributed by atoms with Gasteiger partial charge in [0.15, 0.2) is 6.10 Å². The quantitative estimate of drug-likeness (QED) is 0.745. The first-order valence-electron chi connectivity index (χ1n) is 5.13. The molecule has 0 aromatic carbocycles. The molecule has 7 heteroatoms. The zero-order valence-corrected chi connectivity index (χ0v) is 9.25. The second-order valence-corrected chi connectivity index (χ2v) is 3.38. The van der Waals surface area contributed by atoms with Gasteiger partial charge < -0.3 is 15.7 Å². The van der Waals surface area contributed by atoms with Crippen molar-refractivity contribution in [2.45, 2.75) is 19.2 Å². The Balaban J connectivity index is 2.54. The van der Waals surface area contributed by atoms with Gasteiger partial charge in [0.1, 0.15) is 11.6 Å². The predicted molar refractivity (Wildman–Crippen MR) is 59.0 cm³/mol. The molecule has 0 fully saturated rings. The van der Waals surface area contributed by atoms with E-state index in [1.54, 1.807) is 12.1 Å². The molecule has 0 saturated heterocycles. The molecule has 0 spiro atoms. The highest BCUT2D eigenvalue weighted by Gasteiger charge is 2.37. The molecule has 0 aliphatic heterocycles. The Morgan fingerprint density at radius 3 is 2.41 bits per heavy atom. The van der Waals surface area contributed by atoms with Crippen LogP contribution in [0.25, 0.3) is 0 Å². The number of aliphatic hydroxyl groups is 1. The van der Waals surface area contributed by atoms with Gasteiger partial charge in [0.2, 0.25) is 0 Å². The molecule has 3 N–H and O–H groups in total. The number of anilines is 2. The molecule has 0 bridgehead atoms. The van der Waals surface area contributed by atoms with Crippen LogP contribution in [0.2, 0.25) is 0 Å². The first-order valence-corrected chi connectivity index (χ1v) is 5.13. The largest absolute Gasteiger partial charge is 0.416 e. The highest BCUT2D eigenvalue weighted by atomic mass is 19.4. The lowest BCUT2D eigenvalue weighted by Gasteiger charge is -2.15. The summed E-state index contributed by atoms with van der Waals surface area (Å²) < 4.78 is 36.1. The van der Waals surface area contributed by atoms with Crippen molar-refractivity contribution in [3.63, 3.8) is 0 Å². The fourth-order valence-electron chi connectivity index (χ4n) is 1.13. The maximum atomic E-state index is 12.0. The van der Waals surface area contributed by atoms with Crippen LogP contribution in [0.5, 0.6) is 0 Å². The lowest BCUT2D eigenvalue weighted by Crippen LogP contribution is -2.35. The van der Waals surface area contributed by atoms with Crippen LogP contribution < -0.4 is 10.6 Å². The summed E-state index contributed by atoms with van der Waals surface area (Å²) in [6.45, 7) is 1.93. The number of hydrogen-bond donors (Lipinski definition) is 3. The van der Waals surface area contributed by atoms with Gasteiger partial charge in [-0.1, -0.05) is 6.07 Å². The smallest absolute Gasteiger partial charge is 0.382 e. The Morgan fingerprint density at radius 2 is 1.88 bits per heavy atom. The van der Waals surface area contributed by atoms with Gasteiger partial charge in [0, 0.05) is 6.54 Å². The third-order valence-corrected chi connectivity index (χ3v) is 1.96. The van der Waals surface area contributed by atoms with E-state index in [1.165, 1.54) is 6.07 Å². The molecular formula is C10H14F3N3O. The summed E-state index contributed by atoms with van der Waals surface area (Å²) in [5.74, 6) is 0.853. The van der Waals surface area contributed by atoms with Crippen molar-refractivity contribution in [2.75, 3.05) is 23.7 Å². The van der Waals surface area contributed by atoms with E-state index >= 15 is 0 Å². The Labute approximate surface area is 96.9 Å². The normalized spacial score (nSPS) is 13.2. The van der Waals surface area contributed by atoms with Gasteiger partial charge in [-0.05, 0) is 19.1 Å². The average Bonchev–Trinajstić information content (AvgIpc) is 2.25. The molecule has 0 aliphatic carbocycles. The molecule has 1 aromatic heterocycles. The second kappa shape index (κ2) is 5.72. The van der Waals surface area contributed by atoms with E-state index < -0.39 is 18.8 Å². The zero-order chi connectivity index (χ0) is 12.9. The molecule has 17 heavy (non-hydrogen) atoms. The monoisotopic (exact) mass is 249 g/mol. The standard InChI is InChI=1S/C10H14F3N3O/c1-2-14-8-4-3-5-9(16-8)15-6-7(17)10(11,12)13/h3-5,7,17H,2,6H2,1H3,(H2,14,15,16). The summed E-state index contributed by atoms with van der Waals surface area (Å²) in [5.41, 5.74) is 0. The van der Waals surface area contributed by atoms with Crippen LogP contribution in [0.15, 0.2) is 18.2 Å². The predicted octanol–water partition coefficient (Wildman–Crippen LogP) is 1.85. The maximum absolute atomic E-state index is 12.0. The van der Waals surface area contributed by atoms with E-state index in [0.29, 0.717) is 12.4 Å². The molecule has 1 atom stereocenters. The number of nitrogens with one attached hydrogen (secondary N) is 2. The van der Waals surface area contributed by atoms with Gasteiger partial charge in [-0.2, -0.15) is 13.2 Å². The number of nitrogens with zero attached hydrogens (tertiary/aromatic N) is 1. The molecule has 1 rings (SSSR count). The van der Waals surface area contributed by atoms with E-state index in [2.05, 4.69) is 15.6 Å². The molecule has 1 heterocycles. The minimum atomic E-state index is -4.62. The summed E-state index contributed by atoms with van der Waals surface area (Å²) in [6.07, 6.45) is -7.01. The second-order valence-electron chi connectivity index (χ2n) is 3.38. The fourth-order valence-corrected chi connectivity index (χ4v) is 1.13. The minimum Gasteiger partial charge on any atom is -0.382 e. The lowest BCUT2D eigenvalue weighted by molar-refractivity contribution is -0.198.